The first-order chi connectivity index (χ1) is 12.5. The largest absolute Gasteiger partial charge is 0.495 e. The highest BCUT2D eigenvalue weighted by Gasteiger charge is 2.25. The fraction of sp³-hybridized carbons (Fsp3) is 0.353. The third-order valence-electron chi connectivity index (χ3n) is 3.99. The number of aromatic nitrogens is 2. The van der Waals surface area contributed by atoms with Gasteiger partial charge in [0.25, 0.3) is 0 Å². The Bertz CT molecular complexity index is 792. The van der Waals surface area contributed by atoms with Gasteiger partial charge in [0.05, 0.1) is 26.8 Å². The average molecular weight is 423 g/mol. The first-order valence-electron chi connectivity index (χ1n) is 7.98. The molecule has 1 amide bonds. The third kappa shape index (κ3) is 3.67. The van der Waals surface area contributed by atoms with E-state index in [-0.39, 0.29) is 6.04 Å². The van der Waals surface area contributed by atoms with Gasteiger partial charge in [-0.15, -0.1) is 0 Å². The summed E-state index contributed by atoms with van der Waals surface area (Å²) in [5.74, 6) is 2.25. The van der Waals surface area contributed by atoms with E-state index in [2.05, 4.69) is 31.2 Å². The van der Waals surface area contributed by atoms with E-state index in [1.807, 2.05) is 19.1 Å². The van der Waals surface area contributed by atoms with Crippen molar-refractivity contribution >= 4 is 33.8 Å². The van der Waals surface area contributed by atoms with Crippen LogP contribution >= 0.6 is 15.9 Å². The van der Waals surface area contributed by atoms with Gasteiger partial charge in [-0.1, -0.05) is 0 Å². The fourth-order valence-electron chi connectivity index (χ4n) is 2.59. The normalized spacial score (nSPS) is 14.8. The lowest BCUT2D eigenvalue weighted by Crippen LogP contribution is -2.25. The van der Waals surface area contributed by atoms with E-state index in [0.717, 1.165) is 10.0 Å². The molecule has 0 unspecified atom stereocenters. The van der Waals surface area contributed by atoms with E-state index in [4.69, 9.17) is 14.2 Å². The van der Waals surface area contributed by atoms with Crippen LogP contribution in [0.2, 0.25) is 0 Å². The number of ether oxygens (including phenoxy) is 3. The second kappa shape index (κ2) is 7.77. The minimum Gasteiger partial charge on any atom is -0.495 e. The predicted molar refractivity (Wildman–Crippen MR) is 100 cm³/mol. The summed E-state index contributed by atoms with van der Waals surface area (Å²) in [4.78, 5) is 21.8. The van der Waals surface area contributed by atoms with Crippen molar-refractivity contribution in [1.29, 1.82) is 0 Å². The van der Waals surface area contributed by atoms with Gasteiger partial charge in [-0.3, -0.25) is 4.90 Å². The maximum absolute atomic E-state index is 11.7. The number of cyclic esters (lactones) is 1. The van der Waals surface area contributed by atoms with Crippen molar-refractivity contribution < 1.29 is 19.0 Å². The lowest BCUT2D eigenvalue weighted by atomic mass is 10.1. The Morgan fingerprint density at radius 2 is 2.00 bits per heavy atom. The summed E-state index contributed by atoms with van der Waals surface area (Å²) in [5.41, 5.74) is 0.941. The number of nitrogens with zero attached hydrogens (tertiary/aromatic N) is 3. The van der Waals surface area contributed by atoms with Crippen molar-refractivity contribution in [2.45, 2.75) is 13.0 Å². The number of carbonyl (C=O) groups is 1. The van der Waals surface area contributed by atoms with Gasteiger partial charge in [0.15, 0.2) is 0 Å². The zero-order valence-corrected chi connectivity index (χ0v) is 16.2. The summed E-state index contributed by atoms with van der Waals surface area (Å²) in [6.45, 7) is 2.81. The monoisotopic (exact) mass is 422 g/mol. The van der Waals surface area contributed by atoms with Crippen molar-refractivity contribution in [3.8, 4) is 11.5 Å². The van der Waals surface area contributed by atoms with E-state index in [1.165, 1.54) is 4.90 Å². The molecule has 1 aromatic heterocycles. The molecule has 1 aliphatic rings. The molecule has 3 rings (SSSR count). The van der Waals surface area contributed by atoms with Gasteiger partial charge in [0, 0.05) is 6.20 Å². The Balaban J connectivity index is 1.82. The van der Waals surface area contributed by atoms with Crippen LogP contribution in [-0.2, 0) is 4.74 Å². The smallest absolute Gasteiger partial charge is 0.415 e. The molecule has 0 bridgehead atoms. The summed E-state index contributed by atoms with van der Waals surface area (Å²) < 4.78 is 16.5. The Morgan fingerprint density at radius 3 is 2.58 bits per heavy atom. The highest BCUT2D eigenvalue weighted by molar-refractivity contribution is 9.10. The Kier molecular flexibility index (Phi) is 5.46. The molecular weight excluding hydrogens is 404 g/mol. The number of carbonyl (C=O) groups excluding carboxylic acids is 1. The number of hydrogen-bond donors (Lipinski definition) is 1. The van der Waals surface area contributed by atoms with Crippen LogP contribution in [0.1, 0.15) is 18.5 Å². The number of anilines is 2. The van der Waals surface area contributed by atoms with Gasteiger partial charge in [-0.25, -0.2) is 9.78 Å². The van der Waals surface area contributed by atoms with Crippen molar-refractivity contribution in [3.05, 3.63) is 34.4 Å². The lowest BCUT2D eigenvalue weighted by Gasteiger charge is -2.18. The van der Waals surface area contributed by atoms with Crippen LogP contribution < -0.4 is 19.7 Å². The second-order valence-corrected chi connectivity index (χ2v) is 6.40. The van der Waals surface area contributed by atoms with Crippen molar-refractivity contribution in [1.82, 2.24) is 9.97 Å². The van der Waals surface area contributed by atoms with Gasteiger partial charge in [-0.2, -0.15) is 4.98 Å². The summed E-state index contributed by atoms with van der Waals surface area (Å²) in [6.07, 6.45) is 1.20. The Morgan fingerprint density at radius 1 is 1.31 bits per heavy atom. The molecule has 1 N–H and O–H groups in total. The Hall–Kier alpha value is -2.55. The van der Waals surface area contributed by atoms with Crippen molar-refractivity contribution in [2.24, 2.45) is 0 Å². The molecule has 2 heterocycles. The SMILES string of the molecule is COc1cc([C@H](C)Nc2nccc(N3CCOC3=O)n2)cc(OC)c1Br. The van der Waals surface area contributed by atoms with Crippen LogP contribution in [-0.4, -0.2) is 43.4 Å². The van der Waals surface area contributed by atoms with Gasteiger partial charge in [0.1, 0.15) is 28.4 Å². The number of hydrogen-bond acceptors (Lipinski definition) is 7. The van der Waals surface area contributed by atoms with Crippen LogP contribution in [0.4, 0.5) is 16.6 Å². The molecule has 26 heavy (non-hydrogen) atoms. The standard InChI is InChI=1S/C17H19BrN4O4/c1-10(11-8-12(24-2)15(18)13(9-11)25-3)20-16-19-5-4-14(21-16)22-6-7-26-17(22)23/h4-5,8-10H,6-7H2,1-3H3,(H,19,20,21)/t10-/m0/s1. The van der Waals surface area contributed by atoms with E-state index < -0.39 is 6.09 Å². The van der Waals surface area contributed by atoms with Gasteiger partial charge < -0.3 is 19.5 Å². The maximum Gasteiger partial charge on any atom is 0.415 e. The molecule has 1 fully saturated rings. The third-order valence-corrected chi connectivity index (χ3v) is 4.77. The van der Waals surface area contributed by atoms with E-state index in [9.17, 15) is 4.79 Å². The molecule has 9 heteroatoms. The summed E-state index contributed by atoms with van der Waals surface area (Å²) >= 11 is 3.46. The topological polar surface area (TPSA) is 85.8 Å². The zero-order chi connectivity index (χ0) is 18.7. The number of halogens is 1. The molecule has 1 aromatic carbocycles. The fourth-order valence-corrected chi connectivity index (χ4v) is 3.14. The Labute approximate surface area is 159 Å². The highest BCUT2D eigenvalue weighted by atomic mass is 79.9. The lowest BCUT2D eigenvalue weighted by molar-refractivity contribution is 0.181. The molecule has 0 spiro atoms. The number of nitrogens with one attached hydrogen (secondary N) is 1. The minimum atomic E-state index is -0.398. The van der Waals surface area contributed by atoms with Crippen LogP contribution in [0.25, 0.3) is 0 Å². The molecular formula is C17H19BrN4O4. The van der Waals surface area contributed by atoms with Crippen LogP contribution in [0, 0.1) is 0 Å². The van der Waals surface area contributed by atoms with Gasteiger partial charge in [-0.05, 0) is 46.6 Å². The summed E-state index contributed by atoms with van der Waals surface area (Å²) in [5, 5.41) is 3.23. The van der Waals surface area contributed by atoms with Crippen LogP contribution in [0.5, 0.6) is 11.5 Å². The van der Waals surface area contributed by atoms with E-state index in [0.29, 0.717) is 36.4 Å². The molecule has 0 saturated carbocycles. The first kappa shape index (κ1) is 18.2. The molecule has 1 saturated heterocycles. The number of benzene rings is 1. The average Bonchev–Trinajstić information content (AvgIpc) is 3.08. The second-order valence-electron chi connectivity index (χ2n) is 5.61. The molecule has 2 aromatic rings. The van der Waals surface area contributed by atoms with Gasteiger partial charge in [0.2, 0.25) is 5.95 Å². The highest BCUT2D eigenvalue weighted by Crippen LogP contribution is 2.37. The minimum absolute atomic E-state index is 0.119. The van der Waals surface area contributed by atoms with E-state index in [1.54, 1.807) is 26.5 Å². The van der Waals surface area contributed by atoms with Crippen LogP contribution in [0.15, 0.2) is 28.9 Å². The molecule has 138 valence electrons. The summed E-state index contributed by atoms with van der Waals surface area (Å²) in [6, 6.07) is 5.37. The number of amides is 1. The van der Waals surface area contributed by atoms with Crippen molar-refractivity contribution in [3.63, 3.8) is 0 Å². The number of methoxy groups -OCH3 is 2. The quantitative estimate of drug-likeness (QED) is 0.763. The van der Waals surface area contributed by atoms with Gasteiger partial charge >= 0.3 is 6.09 Å². The first-order valence-corrected chi connectivity index (χ1v) is 8.78. The maximum atomic E-state index is 11.7. The molecule has 0 radical (unpaired) electrons. The molecule has 1 aliphatic heterocycles. The summed E-state index contributed by atoms with van der Waals surface area (Å²) in [7, 11) is 3.20. The molecule has 0 aliphatic carbocycles. The molecule has 1 atom stereocenters. The number of rotatable bonds is 6. The van der Waals surface area contributed by atoms with E-state index >= 15 is 0 Å². The zero-order valence-electron chi connectivity index (χ0n) is 14.7. The van der Waals surface area contributed by atoms with Crippen LogP contribution in [0.3, 0.4) is 0 Å². The molecule has 8 nitrogen and oxygen atoms in total. The van der Waals surface area contributed by atoms with Crippen molar-refractivity contribution in [2.75, 3.05) is 37.6 Å². The predicted octanol–water partition coefficient (Wildman–Crippen LogP) is 3.39.